The molecule has 0 spiro atoms. The van der Waals surface area contributed by atoms with Crippen LogP contribution in [0, 0.1) is 5.92 Å². The lowest BCUT2D eigenvalue weighted by atomic mass is 9.90. The van der Waals surface area contributed by atoms with Crippen LogP contribution in [-0.2, 0) is 6.54 Å². The Kier molecular flexibility index (Phi) is 4.96. The molecule has 3 heterocycles. The van der Waals surface area contributed by atoms with Crippen LogP contribution in [-0.4, -0.2) is 28.1 Å². The van der Waals surface area contributed by atoms with Crippen molar-refractivity contribution in [2.75, 3.05) is 13.1 Å². The molecular weight excluding hydrogens is 296 g/mol. The Bertz CT molecular complexity index is 571. The number of nitrogens with zero attached hydrogens (tertiary/aromatic N) is 2. The Labute approximate surface area is 135 Å². The molecule has 2 aromatic heterocycles. The first-order chi connectivity index (χ1) is 10.6. The number of aromatic nitrogens is 1. The predicted octanol–water partition coefficient (Wildman–Crippen LogP) is 3.81. The molecule has 1 fully saturated rings. The summed E-state index contributed by atoms with van der Waals surface area (Å²) in [4.78, 5) is 8.04. The summed E-state index contributed by atoms with van der Waals surface area (Å²) in [5, 5.41) is 12.5. The second kappa shape index (κ2) is 6.94. The summed E-state index contributed by atoms with van der Waals surface area (Å²) >= 11 is 1.65. The molecule has 4 nitrogen and oxygen atoms in total. The van der Waals surface area contributed by atoms with Crippen LogP contribution in [0.2, 0.25) is 0 Å². The molecule has 0 unspecified atom stereocenters. The lowest BCUT2D eigenvalue weighted by Gasteiger charge is -2.33. The van der Waals surface area contributed by atoms with E-state index in [1.165, 1.54) is 0 Å². The molecule has 0 saturated carbocycles. The molecule has 3 rings (SSSR count). The van der Waals surface area contributed by atoms with Crippen molar-refractivity contribution in [3.63, 3.8) is 0 Å². The van der Waals surface area contributed by atoms with E-state index >= 15 is 0 Å². The zero-order valence-electron chi connectivity index (χ0n) is 13.2. The van der Waals surface area contributed by atoms with E-state index in [9.17, 15) is 5.11 Å². The van der Waals surface area contributed by atoms with Gasteiger partial charge in [-0.05, 0) is 43.3 Å². The van der Waals surface area contributed by atoms with Gasteiger partial charge in [-0.15, -0.1) is 11.3 Å². The third-order valence-electron chi connectivity index (χ3n) is 4.36. The van der Waals surface area contributed by atoms with E-state index in [0.29, 0.717) is 11.8 Å². The minimum atomic E-state index is -0.304. The third kappa shape index (κ3) is 3.59. The van der Waals surface area contributed by atoms with Gasteiger partial charge in [-0.1, -0.05) is 19.9 Å². The van der Waals surface area contributed by atoms with Crippen LogP contribution >= 0.6 is 11.3 Å². The van der Waals surface area contributed by atoms with Crippen LogP contribution < -0.4 is 0 Å². The van der Waals surface area contributed by atoms with Crippen LogP contribution in [0.25, 0.3) is 0 Å². The fourth-order valence-electron chi connectivity index (χ4n) is 3.01. The maximum Gasteiger partial charge on any atom is 0.196 e. The summed E-state index contributed by atoms with van der Waals surface area (Å²) in [6.07, 6.45) is 3.55. The first kappa shape index (κ1) is 15.7. The Hall–Kier alpha value is -1.17. The van der Waals surface area contributed by atoms with Crippen molar-refractivity contribution in [2.24, 2.45) is 5.92 Å². The fraction of sp³-hybridized carbons (Fsp3) is 0.588. The molecule has 0 aromatic carbocycles. The van der Waals surface area contributed by atoms with Gasteiger partial charge in [0.2, 0.25) is 0 Å². The van der Waals surface area contributed by atoms with Gasteiger partial charge >= 0.3 is 0 Å². The normalized spacial score (nSPS) is 18.9. The number of likely N-dealkylation sites (tertiary alicyclic amines) is 1. The van der Waals surface area contributed by atoms with Gasteiger partial charge in [-0.2, -0.15) is 0 Å². The Morgan fingerprint density at radius 2 is 2.18 bits per heavy atom. The molecule has 0 radical (unpaired) electrons. The SMILES string of the molecule is CC(C)c1nc(CN2CCC([C@@H](O)c3cccs3)CC2)co1. The largest absolute Gasteiger partial charge is 0.448 e. The standard InChI is InChI=1S/C17H24N2O2S/c1-12(2)17-18-14(11-21-17)10-19-7-5-13(6-8-19)16(20)15-4-3-9-22-15/h3-4,9,11-13,16,20H,5-8,10H2,1-2H3/t16-/m1/s1. The van der Waals surface area contributed by atoms with Gasteiger partial charge in [0.15, 0.2) is 5.89 Å². The molecular formula is C17H24N2O2S. The van der Waals surface area contributed by atoms with Crippen molar-refractivity contribution in [3.8, 4) is 0 Å². The first-order valence-electron chi connectivity index (χ1n) is 8.01. The van der Waals surface area contributed by atoms with E-state index in [2.05, 4.69) is 23.7 Å². The number of aliphatic hydroxyl groups excluding tert-OH is 1. The summed E-state index contributed by atoms with van der Waals surface area (Å²) in [7, 11) is 0. The predicted molar refractivity (Wildman–Crippen MR) is 87.9 cm³/mol. The van der Waals surface area contributed by atoms with Crippen molar-refractivity contribution < 1.29 is 9.52 Å². The summed E-state index contributed by atoms with van der Waals surface area (Å²) in [5.74, 6) is 1.52. The number of oxazole rings is 1. The van der Waals surface area contributed by atoms with Gasteiger partial charge in [0, 0.05) is 17.3 Å². The number of thiophene rings is 1. The lowest BCUT2D eigenvalue weighted by molar-refractivity contribution is 0.0587. The average molecular weight is 320 g/mol. The highest BCUT2D eigenvalue weighted by Gasteiger charge is 2.27. The molecule has 120 valence electrons. The zero-order chi connectivity index (χ0) is 15.5. The molecule has 1 atom stereocenters. The first-order valence-corrected chi connectivity index (χ1v) is 8.89. The molecule has 0 bridgehead atoms. The number of hydrogen-bond acceptors (Lipinski definition) is 5. The van der Waals surface area contributed by atoms with Gasteiger partial charge in [0.1, 0.15) is 6.26 Å². The zero-order valence-corrected chi connectivity index (χ0v) is 14.1. The van der Waals surface area contributed by atoms with Crippen LogP contribution in [0.15, 0.2) is 28.2 Å². The van der Waals surface area contributed by atoms with Crippen LogP contribution in [0.3, 0.4) is 0 Å². The van der Waals surface area contributed by atoms with Gasteiger partial charge in [-0.25, -0.2) is 4.98 Å². The van der Waals surface area contributed by atoms with Crippen LogP contribution in [0.4, 0.5) is 0 Å². The minimum absolute atomic E-state index is 0.304. The van der Waals surface area contributed by atoms with Gasteiger partial charge in [0.25, 0.3) is 0 Å². The van der Waals surface area contributed by atoms with Crippen molar-refractivity contribution >= 4 is 11.3 Å². The molecule has 2 aromatic rings. The summed E-state index contributed by atoms with van der Waals surface area (Å²) < 4.78 is 5.50. The van der Waals surface area contributed by atoms with E-state index < -0.39 is 0 Å². The molecule has 1 aliphatic heterocycles. The minimum Gasteiger partial charge on any atom is -0.448 e. The van der Waals surface area contributed by atoms with Gasteiger partial charge < -0.3 is 9.52 Å². The number of aliphatic hydroxyl groups is 1. The van der Waals surface area contributed by atoms with Gasteiger partial charge in [-0.3, -0.25) is 4.90 Å². The summed E-state index contributed by atoms with van der Waals surface area (Å²) in [6.45, 7) is 7.05. The Morgan fingerprint density at radius 3 is 2.77 bits per heavy atom. The number of rotatable bonds is 5. The highest BCUT2D eigenvalue weighted by Crippen LogP contribution is 2.33. The van der Waals surface area contributed by atoms with E-state index in [-0.39, 0.29) is 6.10 Å². The van der Waals surface area contributed by atoms with Crippen LogP contribution in [0.1, 0.15) is 55.2 Å². The maximum atomic E-state index is 10.4. The van der Waals surface area contributed by atoms with Crippen molar-refractivity contribution in [2.45, 2.75) is 45.3 Å². The lowest BCUT2D eigenvalue weighted by Crippen LogP contribution is -2.35. The fourth-order valence-corrected chi connectivity index (χ4v) is 3.81. The van der Waals surface area contributed by atoms with Crippen molar-refractivity contribution in [1.29, 1.82) is 0 Å². The van der Waals surface area contributed by atoms with Crippen LogP contribution in [0.5, 0.6) is 0 Å². The summed E-state index contributed by atoms with van der Waals surface area (Å²) in [6, 6.07) is 4.04. The maximum absolute atomic E-state index is 10.4. The highest BCUT2D eigenvalue weighted by atomic mass is 32.1. The molecule has 0 aliphatic carbocycles. The molecule has 1 saturated heterocycles. The number of hydrogen-bond donors (Lipinski definition) is 1. The van der Waals surface area contributed by atoms with E-state index in [4.69, 9.17) is 4.42 Å². The average Bonchev–Trinajstić information content (AvgIpc) is 3.19. The van der Waals surface area contributed by atoms with Gasteiger partial charge in [0.05, 0.1) is 11.8 Å². The molecule has 5 heteroatoms. The monoisotopic (exact) mass is 320 g/mol. The smallest absolute Gasteiger partial charge is 0.196 e. The van der Waals surface area contributed by atoms with Crippen molar-refractivity contribution in [1.82, 2.24) is 9.88 Å². The van der Waals surface area contributed by atoms with E-state index in [1.54, 1.807) is 17.6 Å². The third-order valence-corrected chi connectivity index (χ3v) is 5.31. The Balaban J connectivity index is 1.51. The second-order valence-electron chi connectivity index (χ2n) is 6.41. The van der Waals surface area contributed by atoms with E-state index in [0.717, 1.165) is 48.9 Å². The second-order valence-corrected chi connectivity index (χ2v) is 7.38. The van der Waals surface area contributed by atoms with E-state index in [1.807, 2.05) is 17.5 Å². The van der Waals surface area contributed by atoms with Crippen molar-refractivity contribution in [3.05, 3.63) is 40.2 Å². The summed E-state index contributed by atoms with van der Waals surface area (Å²) in [5.41, 5.74) is 1.01. The molecule has 1 N–H and O–H groups in total. The topological polar surface area (TPSA) is 49.5 Å². The molecule has 22 heavy (non-hydrogen) atoms. The number of piperidine rings is 1. The molecule has 1 aliphatic rings. The Morgan fingerprint density at radius 1 is 1.41 bits per heavy atom. The highest BCUT2D eigenvalue weighted by molar-refractivity contribution is 7.10. The quantitative estimate of drug-likeness (QED) is 0.910. The molecule has 0 amide bonds.